The molecule has 0 fully saturated rings. The molecular formula is C11H23NO2. The zero-order valence-electron chi connectivity index (χ0n) is 10.0. The summed E-state index contributed by atoms with van der Waals surface area (Å²) in [6.07, 6.45) is 1.05. The topological polar surface area (TPSA) is 40.5 Å². The summed E-state index contributed by atoms with van der Waals surface area (Å²) >= 11 is 0. The SMILES string of the molecule is CCN(CCC(C)C)C(C)(C)C(=O)O. The fourth-order valence-electron chi connectivity index (χ4n) is 1.38. The van der Waals surface area contributed by atoms with Crippen molar-refractivity contribution in [1.29, 1.82) is 0 Å². The number of carboxylic acids is 1. The van der Waals surface area contributed by atoms with E-state index >= 15 is 0 Å². The Morgan fingerprint density at radius 2 is 1.93 bits per heavy atom. The molecule has 14 heavy (non-hydrogen) atoms. The van der Waals surface area contributed by atoms with Gasteiger partial charge in [0.15, 0.2) is 0 Å². The number of aliphatic carboxylic acids is 1. The highest BCUT2D eigenvalue weighted by molar-refractivity contribution is 5.77. The molecule has 0 amide bonds. The van der Waals surface area contributed by atoms with E-state index in [2.05, 4.69) is 13.8 Å². The standard InChI is InChI=1S/C11H23NO2/c1-6-12(8-7-9(2)3)11(4,5)10(13)14/h9H,6-8H2,1-5H3,(H,13,14). The molecule has 0 radical (unpaired) electrons. The first-order valence-electron chi connectivity index (χ1n) is 5.30. The van der Waals surface area contributed by atoms with Crippen LogP contribution in [0, 0.1) is 5.92 Å². The summed E-state index contributed by atoms with van der Waals surface area (Å²) < 4.78 is 0. The lowest BCUT2D eigenvalue weighted by Gasteiger charge is -2.34. The fourth-order valence-corrected chi connectivity index (χ4v) is 1.38. The Balaban J connectivity index is 4.32. The van der Waals surface area contributed by atoms with E-state index in [4.69, 9.17) is 5.11 Å². The lowest BCUT2D eigenvalue weighted by atomic mass is 10.0. The second-order valence-electron chi connectivity index (χ2n) is 4.63. The third kappa shape index (κ3) is 3.66. The quantitative estimate of drug-likeness (QED) is 0.716. The van der Waals surface area contributed by atoms with Crippen LogP contribution in [0.15, 0.2) is 0 Å². The van der Waals surface area contributed by atoms with Gasteiger partial charge in [-0.25, -0.2) is 0 Å². The second kappa shape index (κ2) is 5.35. The van der Waals surface area contributed by atoms with Gasteiger partial charge in [-0.15, -0.1) is 0 Å². The number of rotatable bonds is 6. The Kier molecular flexibility index (Phi) is 5.13. The van der Waals surface area contributed by atoms with Crippen LogP contribution in [0.25, 0.3) is 0 Å². The molecule has 0 aliphatic heterocycles. The van der Waals surface area contributed by atoms with Crippen molar-refractivity contribution in [3.05, 3.63) is 0 Å². The van der Waals surface area contributed by atoms with E-state index in [1.54, 1.807) is 13.8 Å². The number of hydrogen-bond acceptors (Lipinski definition) is 2. The van der Waals surface area contributed by atoms with Gasteiger partial charge in [0.1, 0.15) is 5.54 Å². The van der Waals surface area contributed by atoms with Gasteiger partial charge in [0.05, 0.1) is 0 Å². The third-order valence-corrected chi connectivity index (χ3v) is 2.67. The summed E-state index contributed by atoms with van der Waals surface area (Å²) in [6.45, 7) is 11.5. The van der Waals surface area contributed by atoms with Gasteiger partial charge in [0, 0.05) is 0 Å². The third-order valence-electron chi connectivity index (χ3n) is 2.67. The predicted molar refractivity (Wildman–Crippen MR) is 58.4 cm³/mol. The highest BCUT2D eigenvalue weighted by Gasteiger charge is 2.33. The number of likely N-dealkylation sites (N-methyl/N-ethyl adjacent to an activating group) is 1. The van der Waals surface area contributed by atoms with E-state index in [1.807, 2.05) is 11.8 Å². The van der Waals surface area contributed by atoms with Gasteiger partial charge >= 0.3 is 5.97 Å². The van der Waals surface area contributed by atoms with E-state index < -0.39 is 11.5 Å². The highest BCUT2D eigenvalue weighted by Crippen LogP contribution is 2.16. The van der Waals surface area contributed by atoms with Crippen LogP contribution in [0.1, 0.15) is 41.0 Å². The van der Waals surface area contributed by atoms with E-state index in [0.29, 0.717) is 5.92 Å². The lowest BCUT2D eigenvalue weighted by Crippen LogP contribution is -2.50. The number of hydrogen-bond donors (Lipinski definition) is 1. The summed E-state index contributed by atoms with van der Waals surface area (Å²) in [4.78, 5) is 13.0. The van der Waals surface area contributed by atoms with Gasteiger partial charge in [0.2, 0.25) is 0 Å². The molecule has 3 heteroatoms. The predicted octanol–water partition coefficient (Wildman–Crippen LogP) is 2.22. The second-order valence-corrected chi connectivity index (χ2v) is 4.63. The zero-order valence-corrected chi connectivity index (χ0v) is 10.0. The lowest BCUT2D eigenvalue weighted by molar-refractivity contribution is -0.149. The van der Waals surface area contributed by atoms with Crippen LogP contribution < -0.4 is 0 Å². The van der Waals surface area contributed by atoms with Gasteiger partial charge in [-0.2, -0.15) is 0 Å². The van der Waals surface area contributed by atoms with Crippen molar-refractivity contribution in [2.24, 2.45) is 5.92 Å². The van der Waals surface area contributed by atoms with Crippen molar-refractivity contribution in [2.75, 3.05) is 13.1 Å². The van der Waals surface area contributed by atoms with Crippen molar-refractivity contribution < 1.29 is 9.90 Å². The smallest absolute Gasteiger partial charge is 0.323 e. The maximum Gasteiger partial charge on any atom is 0.323 e. The average molecular weight is 201 g/mol. The van der Waals surface area contributed by atoms with Crippen LogP contribution in [0.2, 0.25) is 0 Å². The van der Waals surface area contributed by atoms with Gasteiger partial charge in [0.25, 0.3) is 0 Å². The molecule has 0 heterocycles. The molecule has 3 nitrogen and oxygen atoms in total. The molecular weight excluding hydrogens is 178 g/mol. The highest BCUT2D eigenvalue weighted by atomic mass is 16.4. The molecule has 0 aromatic rings. The van der Waals surface area contributed by atoms with Crippen LogP contribution in [0.5, 0.6) is 0 Å². The first-order chi connectivity index (χ1) is 6.32. The molecule has 0 aliphatic rings. The maximum atomic E-state index is 11.0. The molecule has 0 aromatic carbocycles. The zero-order chi connectivity index (χ0) is 11.4. The van der Waals surface area contributed by atoms with E-state index in [0.717, 1.165) is 19.5 Å². The molecule has 0 unspecified atom stereocenters. The minimum absolute atomic E-state index is 0.619. The van der Waals surface area contributed by atoms with Crippen LogP contribution in [-0.4, -0.2) is 34.6 Å². The largest absolute Gasteiger partial charge is 0.480 e. The summed E-state index contributed by atoms with van der Waals surface area (Å²) in [5.41, 5.74) is -0.746. The molecule has 0 atom stereocenters. The van der Waals surface area contributed by atoms with Crippen LogP contribution >= 0.6 is 0 Å². The Hall–Kier alpha value is -0.570. The molecule has 84 valence electrons. The van der Waals surface area contributed by atoms with E-state index in [-0.39, 0.29) is 0 Å². The Morgan fingerprint density at radius 3 is 2.21 bits per heavy atom. The van der Waals surface area contributed by atoms with Crippen LogP contribution in [-0.2, 0) is 4.79 Å². The van der Waals surface area contributed by atoms with Crippen molar-refractivity contribution >= 4 is 5.97 Å². The normalized spacial score (nSPS) is 12.5. The van der Waals surface area contributed by atoms with Crippen molar-refractivity contribution in [3.8, 4) is 0 Å². The molecule has 0 aromatic heterocycles. The molecule has 1 N–H and O–H groups in total. The first-order valence-corrected chi connectivity index (χ1v) is 5.30. The van der Waals surface area contributed by atoms with Crippen molar-refractivity contribution in [2.45, 2.75) is 46.6 Å². The molecule has 0 spiro atoms. The minimum Gasteiger partial charge on any atom is -0.480 e. The van der Waals surface area contributed by atoms with Crippen LogP contribution in [0.4, 0.5) is 0 Å². The number of carbonyl (C=O) groups is 1. The number of carboxylic acid groups (broad SMARTS) is 1. The van der Waals surface area contributed by atoms with E-state index in [1.165, 1.54) is 0 Å². The summed E-state index contributed by atoms with van der Waals surface area (Å²) in [7, 11) is 0. The van der Waals surface area contributed by atoms with Crippen LogP contribution in [0.3, 0.4) is 0 Å². The van der Waals surface area contributed by atoms with Gasteiger partial charge in [-0.1, -0.05) is 20.8 Å². The van der Waals surface area contributed by atoms with Gasteiger partial charge in [-0.3, -0.25) is 9.69 Å². The summed E-state index contributed by atoms with van der Waals surface area (Å²) in [5, 5.41) is 9.07. The van der Waals surface area contributed by atoms with Gasteiger partial charge in [-0.05, 0) is 39.3 Å². The Bertz CT molecular complexity index is 188. The summed E-state index contributed by atoms with van der Waals surface area (Å²) in [6, 6.07) is 0. The molecule has 0 bridgehead atoms. The van der Waals surface area contributed by atoms with Crippen molar-refractivity contribution in [1.82, 2.24) is 4.90 Å². The Labute approximate surface area is 87.1 Å². The first kappa shape index (κ1) is 13.4. The average Bonchev–Trinajstić information content (AvgIpc) is 2.04. The Morgan fingerprint density at radius 1 is 1.43 bits per heavy atom. The minimum atomic E-state index is -0.747. The fraction of sp³-hybridized carbons (Fsp3) is 0.909. The molecule has 0 rings (SSSR count). The molecule has 0 aliphatic carbocycles. The molecule has 0 saturated heterocycles. The van der Waals surface area contributed by atoms with E-state index in [9.17, 15) is 4.79 Å². The van der Waals surface area contributed by atoms with Gasteiger partial charge < -0.3 is 5.11 Å². The summed E-state index contributed by atoms with van der Waals surface area (Å²) in [5.74, 6) is -0.128. The van der Waals surface area contributed by atoms with Crippen molar-refractivity contribution in [3.63, 3.8) is 0 Å². The maximum absolute atomic E-state index is 11.0. The molecule has 0 saturated carbocycles. The monoisotopic (exact) mass is 201 g/mol. The number of nitrogens with zero attached hydrogens (tertiary/aromatic N) is 1.